The summed E-state index contributed by atoms with van der Waals surface area (Å²) < 4.78 is 0. The number of nitrogens with zero attached hydrogens (tertiary/aromatic N) is 1. The predicted octanol–water partition coefficient (Wildman–Crippen LogP) is 1.43. The Kier molecular flexibility index (Phi) is 5.21. The van der Waals surface area contributed by atoms with Gasteiger partial charge >= 0.3 is 0 Å². The second-order valence-electron chi connectivity index (χ2n) is 6.47. The number of phenols is 9. The van der Waals surface area contributed by atoms with Crippen molar-refractivity contribution in [1.82, 2.24) is 0 Å². The van der Waals surface area contributed by atoms with Crippen molar-refractivity contribution >= 4 is 11.7 Å². The van der Waals surface area contributed by atoms with Gasteiger partial charge in [-0.05, 0) is 0 Å². The number of aliphatic imine (C=N–C) groups is 1. The van der Waals surface area contributed by atoms with Crippen LogP contribution in [-0.2, 0) is 0 Å². The molecule has 12 heteroatoms. The summed E-state index contributed by atoms with van der Waals surface area (Å²) in [7, 11) is 0. The summed E-state index contributed by atoms with van der Waals surface area (Å²) in [5.41, 5.74) is 3.24. The molecule has 0 bridgehead atoms. The molecule has 0 saturated heterocycles. The minimum Gasteiger partial charge on any atom is -0.504 e. The number of rotatable bonds is 3. The minimum atomic E-state index is -1.32. The fraction of sp³-hybridized carbons (Fsp3) is 0. The van der Waals surface area contributed by atoms with Crippen molar-refractivity contribution < 1.29 is 46.0 Å². The maximum atomic E-state index is 10.4. The molecule has 12 nitrogen and oxygen atoms in total. The van der Waals surface area contributed by atoms with Crippen molar-refractivity contribution in [1.29, 1.82) is 5.41 Å². The molecule has 0 heterocycles. The Labute approximate surface area is 178 Å². The van der Waals surface area contributed by atoms with E-state index >= 15 is 0 Å². The van der Waals surface area contributed by atoms with Crippen LogP contribution in [0.1, 0.15) is 11.1 Å². The number of benzene rings is 3. The third kappa shape index (κ3) is 3.21. The lowest BCUT2D eigenvalue weighted by Crippen LogP contribution is -2.16. The van der Waals surface area contributed by atoms with E-state index in [1.54, 1.807) is 18.2 Å². The molecule has 0 aliphatic heterocycles. The Hall–Kier alpha value is -5.00. The van der Waals surface area contributed by atoms with E-state index in [0.717, 1.165) is 0 Å². The Morgan fingerprint density at radius 2 is 0.969 bits per heavy atom. The quantitative estimate of drug-likeness (QED) is 0.120. The van der Waals surface area contributed by atoms with Gasteiger partial charge in [0, 0.05) is 5.56 Å². The number of nitrogens with two attached hydrogens (primary N) is 1. The van der Waals surface area contributed by atoms with Gasteiger partial charge in [-0.25, -0.2) is 4.99 Å². The van der Waals surface area contributed by atoms with Crippen LogP contribution in [0.25, 0.3) is 11.1 Å². The van der Waals surface area contributed by atoms with Crippen molar-refractivity contribution in [2.45, 2.75) is 0 Å². The molecule has 0 atom stereocenters. The third-order valence-electron chi connectivity index (χ3n) is 4.55. The lowest BCUT2D eigenvalue weighted by Gasteiger charge is -2.18. The normalized spacial score (nSPS) is 11.4. The molecule has 0 radical (unpaired) electrons. The van der Waals surface area contributed by atoms with E-state index in [9.17, 15) is 46.0 Å². The smallest absolute Gasteiger partial charge is 0.208 e. The first-order chi connectivity index (χ1) is 15.0. The number of hydrogen-bond acceptors (Lipinski definition) is 10. The number of nitrogens with one attached hydrogen (secondary N) is 1. The van der Waals surface area contributed by atoms with Crippen LogP contribution < -0.4 is 5.73 Å². The van der Waals surface area contributed by atoms with Gasteiger partial charge < -0.3 is 51.7 Å². The van der Waals surface area contributed by atoms with E-state index in [4.69, 9.17) is 11.1 Å². The van der Waals surface area contributed by atoms with E-state index in [2.05, 4.69) is 4.99 Å². The molecular formula is C20H17N3O9. The molecule has 3 aromatic carbocycles. The van der Waals surface area contributed by atoms with Gasteiger partial charge in [-0.3, -0.25) is 5.41 Å². The van der Waals surface area contributed by atoms with Gasteiger partial charge in [0.25, 0.3) is 0 Å². The minimum absolute atomic E-state index is 0.324. The van der Waals surface area contributed by atoms with Gasteiger partial charge in [-0.1, -0.05) is 30.3 Å². The number of amidine groups is 2. The second kappa shape index (κ2) is 7.68. The maximum Gasteiger partial charge on any atom is 0.208 e. The molecule has 166 valence electrons. The summed E-state index contributed by atoms with van der Waals surface area (Å²) in [6, 6.07) is 8.01. The summed E-state index contributed by atoms with van der Waals surface area (Å²) in [6.07, 6.45) is 0. The number of phenolic OH excluding ortho intramolecular Hbond substituents is 9. The second-order valence-corrected chi connectivity index (χ2v) is 6.47. The first kappa shape index (κ1) is 21.7. The highest BCUT2D eigenvalue weighted by Gasteiger charge is 2.33. The van der Waals surface area contributed by atoms with Crippen molar-refractivity contribution in [2.75, 3.05) is 0 Å². The summed E-state index contributed by atoms with van der Waals surface area (Å²) in [4.78, 5) is 3.72. The third-order valence-corrected chi connectivity index (χ3v) is 4.55. The van der Waals surface area contributed by atoms with Gasteiger partial charge in [0.15, 0.2) is 40.3 Å². The molecule has 0 unspecified atom stereocenters. The van der Waals surface area contributed by atoms with Crippen molar-refractivity contribution in [3.05, 3.63) is 41.5 Å². The van der Waals surface area contributed by atoms with Crippen molar-refractivity contribution in [3.63, 3.8) is 0 Å². The van der Waals surface area contributed by atoms with Crippen molar-refractivity contribution in [3.8, 4) is 62.9 Å². The van der Waals surface area contributed by atoms with Crippen LogP contribution in [0.4, 0.5) is 0 Å². The van der Waals surface area contributed by atoms with Gasteiger partial charge in [-0.15, -0.1) is 0 Å². The summed E-state index contributed by atoms with van der Waals surface area (Å²) >= 11 is 0. The summed E-state index contributed by atoms with van der Waals surface area (Å²) in [6.45, 7) is 0. The molecule has 0 saturated carbocycles. The van der Waals surface area contributed by atoms with Crippen LogP contribution in [-0.4, -0.2) is 57.6 Å². The molecular weight excluding hydrogens is 426 g/mol. The first-order valence-electron chi connectivity index (χ1n) is 8.66. The average Bonchev–Trinajstić information content (AvgIpc) is 2.78. The number of hydrogen-bond donors (Lipinski definition) is 11. The zero-order valence-corrected chi connectivity index (χ0v) is 15.9. The Morgan fingerprint density at radius 3 is 1.41 bits per heavy atom. The highest BCUT2D eigenvalue weighted by atomic mass is 16.4. The predicted molar refractivity (Wildman–Crippen MR) is 111 cm³/mol. The highest BCUT2D eigenvalue weighted by molar-refractivity contribution is 6.13. The zero-order chi connectivity index (χ0) is 23.9. The largest absolute Gasteiger partial charge is 0.504 e. The van der Waals surface area contributed by atoms with Crippen LogP contribution in [0, 0.1) is 5.41 Å². The fourth-order valence-electron chi connectivity index (χ4n) is 2.94. The lowest BCUT2D eigenvalue weighted by atomic mass is 9.96. The maximum absolute atomic E-state index is 10.4. The van der Waals surface area contributed by atoms with Crippen LogP contribution in [0.2, 0.25) is 0 Å². The van der Waals surface area contributed by atoms with Gasteiger partial charge in [0.05, 0.1) is 11.1 Å². The van der Waals surface area contributed by atoms with Crippen LogP contribution in [0.15, 0.2) is 35.3 Å². The average molecular weight is 443 g/mol. The van der Waals surface area contributed by atoms with E-state index in [1.165, 1.54) is 12.1 Å². The van der Waals surface area contributed by atoms with E-state index in [-0.39, 0.29) is 5.84 Å². The molecule has 0 fully saturated rings. The Balaban J connectivity index is 2.25. The molecule has 3 rings (SSSR count). The lowest BCUT2D eigenvalue weighted by molar-refractivity contribution is 0.329. The van der Waals surface area contributed by atoms with Crippen LogP contribution in [0.5, 0.6) is 51.7 Å². The molecule has 0 spiro atoms. The van der Waals surface area contributed by atoms with E-state index in [1.807, 2.05) is 0 Å². The first-order valence-corrected chi connectivity index (χ1v) is 8.66. The van der Waals surface area contributed by atoms with Crippen LogP contribution in [0.3, 0.4) is 0 Å². The Morgan fingerprint density at radius 1 is 0.594 bits per heavy atom. The molecule has 0 aromatic heterocycles. The van der Waals surface area contributed by atoms with E-state index in [0.29, 0.717) is 5.56 Å². The SMILES string of the molecule is N=C(N=C(N)c1c(O)c(O)c(-c2c(O)c(O)c(O)c(O)c2O)c(O)c1O)c1ccccc1. The zero-order valence-electron chi connectivity index (χ0n) is 15.9. The molecule has 0 amide bonds. The molecule has 0 aliphatic rings. The molecule has 12 N–H and O–H groups in total. The van der Waals surface area contributed by atoms with Gasteiger partial charge in [0.1, 0.15) is 11.4 Å². The molecule has 3 aromatic rings. The molecule has 0 aliphatic carbocycles. The molecule has 32 heavy (non-hydrogen) atoms. The topological polar surface area (TPSA) is 244 Å². The summed E-state index contributed by atoms with van der Waals surface area (Å²) in [5, 5.41) is 98.5. The van der Waals surface area contributed by atoms with E-state index < -0.39 is 74.3 Å². The highest BCUT2D eigenvalue weighted by Crippen LogP contribution is 2.60. The standard InChI is InChI=1S/C20H17N3O9/c21-19(6-4-2-1-3-5-6)23-20(22)9-14(28)10(24)7(11(25)15(9)29)8-12(26)16(30)18(32)17(31)13(8)27/h1-5,24-32H,(H3,21,22,23). The van der Waals surface area contributed by atoms with Crippen molar-refractivity contribution in [2.24, 2.45) is 10.7 Å². The fourth-order valence-corrected chi connectivity index (χ4v) is 2.94. The number of aromatic hydroxyl groups is 9. The summed E-state index contributed by atoms with van der Waals surface area (Å²) in [5.74, 6) is -12.5. The Bertz CT molecular complexity index is 1230. The monoisotopic (exact) mass is 443 g/mol. The van der Waals surface area contributed by atoms with Crippen LogP contribution >= 0.6 is 0 Å². The van der Waals surface area contributed by atoms with Gasteiger partial charge in [-0.2, -0.15) is 0 Å². The van der Waals surface area contributed by atoms with Gasteiger partial charge in [0.2, 0.25) is 17.2 Å².